The third-order valence-electron chi connectivity index (χ3n) is 2.08. The average molecular weight is 209 g/mol. The molecule has 82 valence electrons. The van der Waals surface area contributed by atoms with Crippen molar-refractivity contribution in [3.8, 4) is 0 Å². The molecule has 0 aromatic heterocycles. The molecule has 1 aromatic carbocycles. The molecule has 1 aromatic rings. The first kappa shape index (κ1) is 11.7. The number of anilines is 1. The Morgan fingerprint density at radius 1 is 1.33 bits per heavy atom. The molecule has 1 rings (SSSR count). The molecule has 0 fully saturated rings. The van der Waals surface area contributed by atoms with E-state index in [9.17, 15) is 9.18 Å². The Morgan fingerprint density at radius 2 is 1.93 bits per heavy atom. The first-order valence-corrected chi connectivity index (χ1v) is 5.13. The van der Waals surface area contributed by atoms with Gasteiger partial charge >= 0.3 is 0 Å². The minimum absolute atomic E-state index is 0.0182. The van der Waals surface area contributed by atoms with Gasteiger partial charge in [0.25, 0.3) is 0 Å². The van der Waals surface area contributed by atoms with E-state index in [2.05, 4.69) is 19.2 Å². The molecule has 0 aliphatic rings. The molecule has 0 spiro atoms. The summed E-state index contributed by atoms with van der Waals surface area (Å²) in [5.74, 6) is 0.203. The van der Waals surface area contributed by atoms with E-state index in [0.29, 0.717) is 18.0 Å². The number of amides is 1. The van der Waals surface area contributed by atoms with Crippen molar-refractivity contribution >= 4 is 11.6 Å². The smallest absolute Gasteiger partial charge is 0.224 e. The summed E-state index contributed by atoms with van der Waals surface area (Å²) < 4.78 is 12.6. The van der Waals surface area contributed by atoms with Crippen LogP contribution in [-0.2, 0) is 4.79 Å². The third kappa shape index (κ3) is 4.58. The second-order valence-electron chi connectivity index (χ2n) is 3.99. The normalized spacial score (nSPS) is 10.4. The van der Waals surface area contributed by atoms with Crippen LogP contribution in [0.3, 0.4) is 0 Å². The lowest BCUT2D eigenvalue weighted by Gasteiger charge is -2.06. The van der Waals surface area contributed by atoms with Gasteiger partial charge in [-0.3, -0.25) is 4.79 Å². The fourth-order valence-corrected chi connectivity index (χ4v) is 1.18. The van der Waals surface area contributed by atoms with Gasteiger partial charge in [0, 0.05) is 12.1 Å². The second kappa shape index (κ2) is 5.49. The van der Waals surface area contributed by atoms with E-state index in [4.69, 9.17) is 0 Å². The van der Waals surface area contributed by atoms with Crippen molar-refractivity contribution < 1.29 is 9.18 Å². The van der Waals surface area contributed by atoms with Gasteiger partial charge in [0.2, 0.25) is 5.91 Å². The monoisotopic (exact) mass is 209 g/mol. The van der Waals surface area contributed by atoms with E-state index in [1.54, 1.807) is 12.1 Å². The molecule has 0 atom stereocenters. The minimum Gasteiger partial charge on any atom is -0.326 e. The lowest BCUT2D eigenvalue weighted by molar-refractivity contribution is -0.116. The molecule has 0 aliphatic heterocycles. The molecule has 0 bridgehead atoms. The molecule has 0 heterocycles. The van der Waals surface area contributed by atoms with Gasteiger partial charge < -0.3 is 5.32 Å². The molecule has 0 saturated carbocycles. The maximum Gasteiger partial charge on any atom is 0.224 e. The molecule has 0 aliphatic carbocycles. The summed E-state index contributed by atoms with van der Waals surface area (Å²) in [4.78, 5) is 11.4. The Bertz CT molecular complexity index is 319. The molecule has 1 N–H and O–H groups in total. The SMILES string of the molecule is CC(C)CCC(=O)Nc1ccc(F)cc1. The fourth-order valence-electron chi connectivity index (χ4n) is 1.18. The molecule has 15 heavy (non-hydrogen) atoms. The van der Waals surface area contributed by atoms with E-state index in [-0.39, 0.29) is 11.7 Å². The largest absolute Gasteiger partial charge is 0.326 e. The highest BCUT2D eigenvalue weighted by Gasteiger charge is 2.03. The van der Waals surface area contributed by atoms with Gasteiger partial charge in [-0.05, 0) is 36.6 Å². The number of benzene rings is 1. The lowest BCUT2D eigenvalue weighted by atomic mass is 10.1. The van der Waals surface area contributed by atoms with E-state index < -0.39 is 0 Å². The first-order valence-electron chi connectivity index (χ1n) is 5.13. The van der Waals surface area contributed by atoms with Crippen LogP contribution in [0.4, 0.5) is 10.1 Å². The van der Waals surface area contributed by atoms with Crippen LogP contribution in [0, 0.1) is 11.7 Å². The van der Waals surface area contributed by atoms with Gasteiger partial charge in [-0.2, -0.15) is 0 Å². The van der Waals surface area contributed by atoms with Crippen molar-refractivity contribution in [1.29, 1.82) is 0 Å². The molecule has 0 radical (unpaired) electrons. The zero-order valence-electron chi connectivity index (χ0n) is 9.09. The van der Waals surface area contributed by atoms with Gasteiger partial charge in [-0.1, -0.05) is 13.8 Å². The molecule has 0 unspecified atom stereocenters. The summed E-state index contributed by atoms with van der Waals surface area (Å²) in [6.45, 7) is 4.15. The summed E-state index contributed by atoms with van der Waals surface area (Å²) in [6.07, 6.45) is 1.38. The van der Waals surface area contributed by atoms with E-state index in [1.165, 1.54) is 12.1 Å². The molecule has 1 amide bonds. The van der Waals surface area contributed by atoms with Crippen LogP contribution in [0.5, 0.6) is 0 Å². The number of carbonyl (C=O) groups is 1. The van der Waals surface area contributed by atoms with Gasteiger partial charge in [-0.25, -0.2) is 4.39 Å². The predicted molar refractivity (Wildman–Crippen MR) is 59.1 cm³/mol. The van der Waals surface area contributed by atoms with Gasteiger partial charge in [0.05, 0.1) is 0 Å². The Labute approximate surface area is 89.5 Å². The van der Waals surface area contributed by atoms with Crippen molar-refractivity contribution in [2.45, 2.75) is 26.7 Å². The highest BCUT2D eigenvalue weighted by Crippen LogP contribution is 2.10. The number of hydrogen-bond acceptors (Lipinski definition) is 1. The van der Waals surface area contributed by atoms with Crippen LogP contribution in [-0.4, -0.2) is 5.91 Å². The highest BCUT2D eigenvalue weighted by molar-refractivity contribution is 5.90. The summed E-state index contributed by atoms with van der Waals surface area (Å²) in [7, 11) is 0. The van der Waals surface area contributed by atoms with Crippen LogP contribution in [0.2, 0.25) is 0 Å². The molecular formula is C12H16FNO. The third-order valence-corrected chi connectivity index (χ3v) is 2.08. The number of rotatable bonds is 4. The summed E-state index contributed by atoms with van der Waals surface area (Å²) in [6, 6.07) is 5.78. The van der Waals surface area contributed by atoms with Crippen molar-refractivity contribution in [2.24, 2.45) is 5.92 Å². The predicted octanol–water partition coefficient (Wildman–Crippen LogP) is 3.20. The van der Waals surface area contributed by atoms with Gasteiger partial charge in [0.15, 0.2) is 0 Å². The zero-order chi connectivity index (χ0) is 11.3. The van der Waals surface area contributed by atoms with E-state index >= 15 is 0 Å². The lowest BCUT2D eigenvalue weighted by Crippen LogP contribution is -2.12. The number of nitrogens with one attached hydrogen (secondary N) is 1. The first-order chi connectivity index (χ1) is 7.08. The Balaban J connectivity index is 2.41. The summed E-state index contributed by atoms with van der Waals surface area (Å²) >= 11 is 0. The van der Waals surface area contributed by atoms with Crippen molar-refractivity contribution in [1.82, 2.24) is 0 Å². The highest BCUT2D eigenvalue weighted by atomic mass is 19.1. The molecule has 3 heteroatoms. The van der Waals surface area contributed by atoms with Crippen molar-refractivity contribution in [3.05, 3.63) is 30.1 Å². The van der Waals surface area contributed by atoms with Gasteiger partial charge in [-0.15, -0.1) is 0 Å². The topological polar surface area (TPSA) is 29.1 Å². The van der Waals surface area contributed by atoms with E-state index in [0.717, 1.165) is 6.42 Å². The Hall–Kier alpha value is -1.38. The minimum atomic E-state index is -0.296. The number of halogens is 1. The number of hydrogen-bond donors (Lipinski definition) is 1. The second-order valence-corrected chi connectivity index (χ2v) is 3.99. The average Bonchev–Trinajstić information content (AvgIpc) is 2.19. The molecule has 2 nitrogen and oxygen atoms in total. The van der Waals surface area contributed by atoms with Gasteiger partial charge in [0.1, 0.15) is 5.82 Å². The maximum atomic E-state index is 12.6. The standard InChI is InChI=1S/C12H16FNO/c1-9(2)3-8-12(15)14-11-6-4-10(13)5-7-11/h4-7,9H,3,8H2,1-2H3,(H,14,15). The van der Waals surface area contributed by atoms with Crippen LogP contribution in [0.15, 0.2) is 24.3 Å². The number of carbonyl (C=O) groups excluding carboxylic acids is 1. The Morgan fingerprint density at radius 3 is 2.47 bits per heavy atom. The van der Waals surface area contributed by atoms with Crippen LogP contribution < -0.4 is 5.32 Å². The fraction of sp³-hybridized carbons (Fsp3) is 0.417. The molecular weight excluding hydrogens is 193 g/mol. The Kier molecular flexibility index (Phi) is 4.28. The van der Waals surface area contributed by atoms with Crippen molar-refractivity contribution in [3.63, 3.8) is 0 Å². The van der Waals surface area contributed by atoms with Crippen LogP contribution in [0.25, 0.3) is 0 Å². The maximum absolute atomic E-state index is 12.6. The van der Waals surface area contributed by atoms with Crippen LogP contribution >= 0.6 is 0 Å². The zero-order valence-corrected chi connectivity index (χ0v) is 9.09. The van der Waals surface area contributed by atoms with Crippen molar-refractivity contribution in [2.75, 3.05) is 5.32 Å². The summed E-state index contributed by atoms with van der Waals surface area (Å²) in [5, 5.41) is 2.72. The quantitative estimate of drug-likeness (QED) is 0.810. The molecule has 0 saturated heterocycles. The van der Waals surface area contributed by atoms with E-state index in [1.807, 2.05) is 0 Å². The summed E-state index contributed by atoms with van der Waals surface area (Å²) in [5.41, 5.74) is 0.644. The van der Waals surface area contributed by atoms with Crippen LogP contribution in [0.1, 0.15) is 26.7 Å².